The number of imidazole rings is 1. The molecule has 0 amide bonds. The van der Waals surface area contributed by atoms with Crippen molar-refractivity contribution in [1.29, 1.82) is 0 Å². The summed E-state index contributed by atoms with van der Waals surface area (Å²) in [6.45, 7) is 0. The molecular formula is C28H14N2O2. The molecule has 4 nitrogen and oxygen atoms in total. The number of rotatable bonds is 0. The highest BCUT2D eigenvalue weighted by molar-refractivity contribution is 6.30. The van der Waals surface area contributed by atoms with Gasteiger partial charge in [0.1, 0.15) is 16.8 Å². The maximum atomic E-state index is 6.37. The number of benzene rings is 4. The minimum atomic E-state index is 0.923. The molecule has 0 fully saturated rings. The first-order chi connectivity index (χ1) is 15.9. The van der Waals surface area contributed by atoms with Crippen LogP contribution in [0, 0.1) is 0 Å². The van der Waals surface area contributed by atoms with Crippen LogP contribution in [0.3, 0.4) is 0 Å². The first-order valence-electron chi connectivity index (χ1n) is 10.8. The summed E-state index contributed by atoms with van der Waals surface area (Å²) in [7, 11) is 0. The van der Waals surface area contributed by atoms with Crippen molar-refractivity contribution in [2.45, 2.75) is 0 Å². The molecule has 0 aliphatic heterocycles. The van der Waals surface area contributed by atoms with Crippen LogP contribution in [-0.4, -0.2) is 8.80 Å². The second kappa shape index (κ2) is 4.89. The van der Waals surface area contributed by atoms with Gasteiger partial charge in [0.15, 0.2) is 11.2 Å². The minimum Gasteiger partial charge on any atom is -0.454 e. The molecule has 5 heterocycles. The molecule has 9 rings (SSSR count). The molecule has 9 aromatic rings. The van der Waals surface area contributed by atoms with E-state index in [0.29, 0.717) is 0 Å². The van der Waals surface area contributed by atoms with Crippen LogP contribution in [-0.2, 0) is 0 Å². The van der Waals surface area contributed by atoms with Gasteiger partial charge in [-0.2, -0.15) is 0 Å². The normalized spacial score (nSPS) is 13.0. The molecule has 32 heavy (non-hydrogen) atoms. The fourth-order valence-corrected chi connectivity index (χ4v) is 5.81. The third-order valence-electron chi connectivity index (χ3n) is 7.11. The maximum Gasteiger partial charge on any atom is 0.160 e. The first kappa shape index (κ1) is 15.4. The lowest BCUT2D eigenvalue weighted by atomic mass is 10.1. The molecule has 0 bridgehead atoms. The molecule has 0 aliphatic rings. The fraction of sp³-hybridized carbons (Fsp3) is 0. The molecule has 0 saturated heterocycles. The van der Waals surface area contributed by atoms with Crippen LogP contribution >= 0.6 is 0 Å². The lowest BCUT2D eigenvalue weighted by molar-refractivity contribution is 0.671. The number of hydrogen-bond donors (Lipinski definition) is 0. The molecule has 0 spiro atoms. The van der Waals surface area contributed by atoms with Crippen LogP contribution in [0.5, 0.6) is 0 Å². The van der Waals surface area contributed by atoms with Gasteiger partial charge in [-0.3, -0.25) is 8.80 Å². The molecule has 0 atom stereocenters. The molecule has 0 aliphatic carbocycles. The van der Waals surface area contributed by atoms with Crippen molar-refractivity contribution in [3.8, 4) is 0 Å². The van der Waals surface area contributed by atoms with E-state index in [1.54, 1.807) is 0 Å². The van der Waals surface area contributed by atoms with Crippen molar-refractivity contribution < 1.29 is 8.83 Å². The van der Waals surface area contributed by atoms with Gasteiger partial charge >= 0.3 is 0 Å². The van der Waals surface area contributed by atoms with E-state index < -0.39 is 0 Å². The van der Waals surface area contributed by atoms with Crippen LogP contribution < -0.4 is 0 Å². The van der Waals surface area contributed by atoms with Gasteiger partial charge in [0, 0.05) is 50.1 Å². The highest BCUT2D eigenvalue weighted by Gasteiger charge is 2.24. The van der Waals surface area contributed by atoms with E-state index >= 15 is 0 Å². The van der Waals surface area contributed by atoms with Gasteiger partial charge in [-0.15, -0.1) is 0 Å². The van der Waals surface area contributed by atoms with Gasteiger partial charge in [-0.25, -0.2) is 0 Å². The summed E-state index contributed by atoms with van der Waals surface area (Å²) >= 11 is 0. The van der Waals surface area contributed by atoms with E-state index in [4.69, 9.17) is 8.83 Å². The summed E-state index contributed by atoms with van der Waals surface area (Å²) in [5.74, 6) is 0. The SMILES string of the molecule is c1ccc2c(c1)oc1c2ccc2c3c4ccc5c6ccccc6oc5c4n4ccn(c21)c34. The number of furan rings is 2. The summed E-state index contributed by atoms with van der Waals surface area (Å²) in [5.41, 5.74) is 7.14. The first-order valence-corrected chi connectivity index (χ1v) is 10.8. The van der Waals surface area contributed by atoms with E-state index in [9.17, 15) is 0 Å². The zero-order valence-corrected chi connectivity index (χ0v) is 16.8. The van der Waals surface area contributed by atoms with E-state index in [1.165, 1.54) is 16.2 Å². The number of para-hydroxylation sites is 2. The standard InChI is InChI=1S/C28H14N2O2/c1-3-7-21-15(5-1)17-9-11-19-23-20-12-10-18-16-6-2-4-8-22(16)32-27(18)25(20)30-14-13-29(28(23)30)24(19)26(17)31-21/h1-14H. The van der Waals surface area contributed by atoms with E-state index in [1.807, 2.05) is 24.3 Å². The van der Waals surface area contributed by atoms with E-state index in [-0.39, 0.29) is 0 Å². The quantitative estimate of drug-likeness (QED) is 0.256. The van der Waals surface area contributed by atoms with Crippen molar-refractivity contribution in [2.75, 3.05) is 0 Å². The Morgan fingerprint density at radius 2 is 0.938 bits per heavy atom. The zero-order valence-electron chi connectivity index (χ0n) is 16.8. The van der Waals surface area contributed by atoms with Crippen LogP contribution in [0.1, 0.15) is 0 Å². The molecule has 4 aromatic carbocycles. The Balaban J connectivity index is 1.56. The number of nitrogens with zero attached hydrogens (tertiary/aromatic N) is 2. The molecule has 4 heteroatoms. The predicted octanol–water partition coefficient (Wildman–Crippen LogP) is 7.74. The molecule has 5 aromatic heterocycles. The summed E-state index contributed by atoms with van der Waals surface area (Å²) in [4.78, 5) is 0. The summed E-state index contributed by atoms with van der Waals surface area (Å²) in [5, 5.41) is 8.26. The molecule has 148 valence electrons. The molecule has 0 N–H and O–H groups in total. The third kappa shape index (κ3) is 1.52. The highest BCUT2D eigenvalue weighted by atomic mass is 16.3. The van der Waals surface area contributed by atoms with Crippen molar-refractivity contribution in [3.05, 3.63) is 85.2 Å². The van der Waals surface area contributed by atoms with Gasteiger partial charge in [0.25, 0.3) is 0 Å². The predicted molar refractivity (Wildman–Crippen MR) is 129 cm³/mol. The summed E-state index contributed by atoms with van der Waals surface area (Å²) in [6, 6.07) is 25.4. The Labute approximate surface area is 179 Å². The van der Waals surface area contributed by atoms with Gasteiger partial charge < -0.3 is 8.83 Å². The maximum absolute atomic E-state index is 6.37. The van der Waals surface area contributed by atoms with E-state index in [2.05, 4.69) is 69.7 Å². The largest absolute Gasteiger partial charge is 0.454 e. The second-order valence-electron chi connectivity index (χ2n) is 8.61. The number of hydrogen-bond acceptors (Lipinski definition) is 2. The minimum absolute atomic E-state index is 0.923. The van der Waals surface area contributed by atoms with Crippen LogP contribution in [0.25, 0.3) is 76.7 Å². The average molecular weight is 410 g/mol. The van der Waals surface area contributed by atoms with Gasteiger partial charge in [0.2, 0.25) is 0 Å². The van der Waals surface area contributed by atoms with Gasteiger partial charge in [0.05, 0.1) is 11.0 Å². The Kier molecular flexibility index (Phi) is 2.35. The monoisotopic (exact) mass is 410 g/mol. The molecule has 0 saturated carbocycles. The van der Waals surface area contributed by atoms with Gasteiger partial charge in [-0.1, -0.05) is 48.5 Å². The Morgan fingerprint density at radius 1 is 0.469 bits per heavy atom. The van der Waals surface area contributed by atoms with Crippen molar-refractivity contribution in [3.63, 3.8) is 0 Å². The molecule has 0 radical (unpaired) electrons. The molecule has 0 unspecified atom stereocenters. The second-order valence-corrected chi connectivity index (χ2v) is 8.61. The number of fused-ring (bicyclic) bond motifs is 14. The summed E-state index contributed by atoms with van der Waals surface area (Å²) < 4.78 is 17.3. The van der Waals surface area contributed by atoms with Crippen LogP contribution in [0.4, 0.5) is 0 Å². The van der Waals surface area contributed by atoms with Crippen molar-refractivity contribution in [1.82, 2.24) is 8.80 Å². The lowest BCUT2D eigenvalue weighted by Crippen LogP contribution is -1.81. The Bertz CT molecular complexity index is 2050. The summed E-state index contributed by atoms with van der Waals surface area (Å²) in [6.07, 6.45) is 4.27. The topological polar surface area (TPSA) is 35.1 Å². The van der Waals surface area contributed by atoms with Crippen molar-refractivity contribution in [2.24, 2.45) is 0 Å². The third-order valence-corrected chi connectivity index (χ3v) is 7.11. The number of aromatic nitrogens is 2. The smallest absolute Gasteiger partial charge is 0.160 e. The molecular weight excluding hydrogens is 396 g/mol. The fourth-order valence-electron chi connectivity index (χ4n) is 5.81. The van der Waals surface area contributed by atoms with Crippen LogP contribution in [0.2, 0.25) is 0 Å². The Morgan fingerprint density at radius 3 is 1.47 bits per heavy atom. The van der Waals surface area contributed by atoms with Crippen LogP contribution in [0.15, 0.2) is 94.0 Å². The lowest BCUT2D eigenvalue weighted by Gasteiger charge is -1.97. The Hall–Kier alpha value is -4.44. The van der Waals surface area contributed by atoms with Gasteiger partial charge in [-0.05, 0) is 24.3 Å². The highest BCUT2D eigenvalue weighted by Crippen LogP contribution is 2.44. The average Bonchev–Trinajstić information content (AvgIpc) is 3.60. The van der Waals surface area contributed by atoms with Crippen molar-refractivity contribution >= 4 is 76.7 Å². The van der Waals surface area contributed by atoms with E-state index in [0.717, 1.165) is 60.6 Å². The zero-order chi connectivity index (χ0) is 20.6.